The zero-order chi connectivity index (χ0) is 22.0. The van der Waals surface area contributed by atoms with Crippen molar-refractivity contribution in [2.24, 2.45) is 0 Å². The second-order valence-corrected chi connectivity index (χ2v) is 7.03. The van der Waals surface area contributed by atoms with Crippen LogP contribution in [0.1, 0.15) is 11.1 Å². The van der Waals surface area contributed by atoms with Gasteiger partial charge in [0.05, 0.1) is 19.8 Å². The third kappa shape index (κ3) is 4.10. The number of benzene rings is 3. The minimum Gasteiger partial charge on any atom is -0.493 e. The second kappa shape index (κ2) is 8.52. The number of methoxy groups -OCH3 is 2. The van der Waals surface area contributed by atoms with Gasteiger partial charge in [-0.1, -0.05) is 18.2 Å². The Morgan fingerprint density at radius 2 is 1.65 bits per heavy atom. The lowest BCUT2D eigenvalue weighted by molar-refractivity contribution is 0.306. The molecule has 1 heterocycles. The summed E-state index contributed by atoms with van der Waals surface area (Å²) in [6, 6.07) is 16.7. The summed E-state index contributed by atoms with van der Waals surface area (Å²) in [5.41, 5.74) is 2.78. The van der Waals surface area contributed by atoms with Gasteiger partial charge in [0, 0.05) is 5.39 Å². The normalized spacial score (nSPS) is 10.8. The molecule has 5 nitrogen and oxygen atoms in total. The molecule has 4 aromatic rings. The summed E-state index contributed by atoms with van der Waals surface area (Å²) in [5.74, 6) is 1.43. The van der Waals surface area contributed by atoms with Crippen LogP contribution in [-0.2, 0) is 6.61 Å². The predicted molar refractivity (Wildman–Crippen MR) is 116 cm³/mol. The summed E-state index contributed by atoms with van der Waals surface area (Å²) in [6.45, 7) is 2.17. The SMILES string of the molecule is COc1ccc(-c2c(C)c3cc(OCc4ccc(F)cc4)ccc3oc2=O)cc1OC. The molecule has 31 heavy (non-hydrogen) atoms. The van der Waals surface area contributed by atoms with Crippen LogP contribution >= 0.6 is 0 Å². The van der Waals surface area contributed by atoms with E-state index in [0.717, 1.165) is 16.5 Å². The van der Waals surface area contributed by atoms with Crippen LogP contribution in [0.15, 0.2) is 69.9 Å². The molecule has 0 unspecified atom stereocenters. The van der Waals surface area contributed by atoms with Crippen molar-refractivity contribution in [1.82, 2.24) is 0 Å². The largest absolute Gasteiger partial charge is 0.493 e. The summed E-state index contributed by atoms with van der Waals surface area (Å²) in [5, 5.41) is 0.765. The van der Waals surface area contributed by atoms with E-state index in [-0.39, 0.29) is 5.82 Å². The first-order valence-corrected chi connectivity index (χ1v) is 9.67. The molecule has 1 aromatic heterocycles. The molecular weight excluding hydrogens is 399 g/mol. The lowest BCUT2D eigenvalue weighted by Gasteiger charge is -2.13. The number of halogens is 1. The lowest BCUT2D eigenvalue weighted by atomic mass is 9.99. The van der Waals surface area contributed by atoms with Crippen molar-refractivity contribution >= 4 is 11.0 Å². The number of hydrogen-bond acceptors (Lipinski definition) is 5. The summed E-state index contributed by atoms with van der Waals surface area (Å²) in [4.78, 5) is 12.7. The van der Waals surface area contributed by atoms with Crippen LogP contribution in [0.25, 0.3) is 22.1 Å². The Hall–Kier alpha value is -3.80. The van der Waals surface area contributed by atoms with E-state index in [4.69, 9.17) is 18.6 Å². The molecule has 0 aliphatic rings. The van der Waals surface area contributed by atoms with Crippen molar-refractivity contribution in [2.45, 2.75) is 13.5 Å². The molecule has 0 saturated carbocycles. The molecule has 0 amide bonds. The molecule has 6 heteroatoms. The van der Waals surface area contributed by atoms with Crippen molar-refractivity contribution in [1.29, 1.82) is 0 Å². The Morgan fingerprint density at radius 3 is 2.35 bits per heavy atom. The molecule has 0 radical (unpaired) electrons. The van der Waals surface area contributed by atoms with E-state index >= 15 is 0 Å². The van der Waals surface area contributed by atoms with Crippen LogP contribution in [0.4, 0.5) is 4.39 Å². The van der Waals surface area contributed by atoms with E-state index in [0.29, 0.717) is 40.6 Å². The van der Waals surface area contributed by atoms with Crippen molar-refractivity contribution < 1.29 is 23.0 Å². The van der Waals surface area contributed by atoms with Crippen molar-refractivity contribution in [3.05, 3.63) is 88.0 Å². The van der Waals surface area contributed by atoms with Gasteiger partial charge in [-0.05, 0) is 66.1 Å². The molecule has 3 aromatic carbocycles. The van der Waals surface area contributed by atoms with Gasteiger partial charge in [0.1, 0.15) is 23.8 Å². The van der Waals surface area contributed by atoms with E-state index in [2.05, 4.69) is 0 Å². The Morgan fingerprint density at radius 1 is 0.903 bits per heavy atom. The number of hydrogen-bond donors (Lipinski definition) is 0. The minimum atomic E-state index is -0.433. The Bertz CT molecular complexity index is 1290. The lowest BCUT2D eigenvalue weighted by Crippen LogP contribution is -2.06. The third-order valence-corrected chi connectivity index (χ3v) is 5.13. The third-order valence-electron chi connectivity index (χ3n) is 5.13. The van der Waals surface area contributed by atoms with Crippen molar-refractivity contribution in [3.8, 4) is 28.4 Å². The van der Waals surface area contributed by atoms with Crippen LogP contribution in [0.3, 0.4) is 0 Å². The van der Waals surface area contributed by atoms with Crippen LogP contribution in [0.5, 0.6) is 17.2 Å². The number of rotatable bonds is 6. The smallest absolute Gasteiger partial charge is 0.344 e. The van der Waals surface area contributed by atoms with Gasteiger partial charge in [0.25, 0.3) is 0 Å². The molecule has 0 N–H and O–H groups in total. The highest BCUT2D eigenvalue weighted by molar-refractivity contribution is 5.88. The van der Waals surface area contributed by atoms with E-state index in [1.165, 1.54) is 12.1 Å². The van der Waals surface area contributed by atoms with Crippen molar-refractivity contribution in [3.63, 3.8) is 0 Å². The maximum atomic E-state index is 13.1. The fourth-order valence-electron chi connectivity index (χ4n) is 3.49. The number of aryl methyl sites for hydroxylation is 1. The first kappa shape index (κ1) is 20.5. The summed E-state index contributed by atoms with van der Waals surface area (Å²) >= 11 is 0. The van der Waals surface area contributed by atoms with Gasteiger partial charge in [-0.3, -0.25) is 0 Å². The highest BCUT2D eigenvalue weighted by atomic mass is 19.1. The molecule has 0 saturated heterocycles. The zero-order valence-corrected chi connectivity index (χ0v) is 17.4. The molecule has 4 rings (SSSR count). The van der Waals surface area contributed by atoms with Crippen molar-refractivity contribution in [2.75, 3.05) is 14.2 Å². The summed E-state index contributed by atoms with van der Waals surface area (Å²) in [6.07, 6.45) is 0. The average molecular weight is 420 g/mol. The second-order valence-electron chi connectivity index (χ2n) is 7.03. The van der Waals surface area contributed by atoms with Crippen LogP contribution in [0, 0.1) is 12.7 Å². The van der Waals surface area contributed by atoms with Gasteiger partial charge in [-0.15, -0.1) is 0 Å². The fraction of sp³-hybridized carbons (Fsp3) is 0.160. The monoisotopic (exact) mass is 420 g/mol. The van der Waals surface area contributed by atoms with Crippen LogP contribution in [-0.4, -0.2) is 14.2 Å². The molecule has 0 atom stereocenters. The minimum absolute atomic E-state index is 0.289. The Balaban J connectivity index is 1.72. The van der Waals surface area contributed by atoms with Crippen LogP contribution in [0.2, 0.25) is 0 Å². The topological polar surface area (TPSA) is 57.9 Å². The highest BCUT2D eigenvalue weighted by Crippen LogP contribution is 2.34. The van der Waals surface area contributed by atoms with Crippen LogP contribution < -0.4 is 19.8 Å². The quantitative estimate of drug-likeness (QED) is 0.385. The zero-order valence-electron chi connectivity index (χ0n) is 17.4. The van der Waals surface area contributed by atoms with Gasteiger partial charge >= 0.3 is 5.63 Å². The molecule has 0 fully saturated rings. The van der Waals surface area contributed by atoms with Gasteiger partial charge in [-0.2, -0.15) is 0 Å². The first-order valence-electron chi connectivity index (χ1n) is 9.67. The molecule has 0 spiro atoms. The molecule has 0 aliphatic carbocycles. The highest BCUT2D eigenvalue weighted by Gasteiger charge is 2.16. The van der Waals surface area contributed by atoms with E-state index in [9.17, 15) is 9.18 Å². The van der Waals surface area contributed by atoms with Gasteiger partial charge in [0.2, 0.25) is 0 Å². The standard InChI is InChI=1S/C25H21FO5/c1-15-20-13-19(30-14-16-4-7-18(26)8-5-16)9-11-21(20)31-25(27)24(15)17-6-10-22(28-2)23(12-17)29-3/h4-13H,14H2,1-3H3. The number of ether oxygens (including phenoxy) is 3. The first-order chi connectivity index (χ1) is 15.0. The summed E-state index contributed by atoms with van der Waals surface area (Å²) in [7, 11) is 3.10. The maximum absolute atomic E-state index is 13.1. The number of fused-ring (bicyclic) bond motifs is 1. The van der Waals surface area contributed by atoms with E-state index < -0.39 is 5.63 Å². The molecular formula is C25H21FO5. The Kier molecular flexibility index (Phi) is 5.62. The molecule has 158 valence electrons. The van der Waals surface area contributed by atoms with Gasteiger partial charge in [-0.25, -0.2) is 9.18 Å². The predicted octanol–water partition coefficient (Wildman–Crippen LogP) is 5.50. The molecule has 0 aliphatic heterocycles. The van der Waals surface area contributed by atoms with E-state index in [1.54, 1.807) is 56.7 Å². The summed E-state index contributed by atoms with van der Waals surface area (Å²) < 4.78 is 35.1. The average Bonchev–Trinajstić information content (AvgIpc) is 2.78. The van der Waals surface area contributed by atoms with Gasteiger partial charge in [0.15, 0.2) is 11.5 Å². The fourth-order valence-corrected chi connectivity index (χ4v) is 3.49. The maximum Gasteiger partial charge on any atom is 0.344 e. The Labute approximate surface area is 178 Å². The molecule has 0 bridgehead atoms. The van der Waals surface area contributed by atoms with Gasteiger partial charge < -0.3 is 18.6 Å². The van der Waals surface area contributed by atoms with E-state index in [1.807, 2.05) is 13.0 Å².